The Kier molecular flexibility index (Phi) is 7.94. The zero-order valence-corrected chi connectivity index (χ0v) is 23.2. The molecule has 0 unspecified atom stereocenters. The molecule has 35 heavy (non-hydrogen) atoms. The molecule has 3 aromatic carbocycles. The average molecular weight is 620 g/mol. The molecule has 0 spiro atoms. The second-order valence-electron chi connectivity index (χ2n) is 8.09. The van der Waals surface area contributed by atoms with Crippen molar-refractivity contribution in [2.24, 2.45) is 5.10 Å². The van der Waals surface area contributed by atoms with E-state index in [0.717, 1.165) is 20.1 Å². The van der Waals surface area contributed by atoms with Gasteiger partial charge in [0.05, 0.1) is 24.2 Å². The molecule has 0 aliphatic heterocycles. The number of halogens is 3. The quantitative estimate of drug-likeness (QED) is 0.206. The van der Waals surface area contributed by atoms with Gasteiger partial charge >= 0.3 is 0 Å². The summed E-state index contributed by atoms with van der Waals surface area (Å²) in [5.74, 6) is 1.69. The summed E-state index contributed by atoms with van der Waals surface area (Å²) in [6, 6.07) is 16.5. The van der Waals surface area contributed by atoms with E-state index in [9.17, 15) is 4.79 Å². The van der Waals surface area contributed by atoms with Crippen molar-refractivity contribution in [3.8, 4) is 11.5 Å². The first kappa shape index (κ1) is 25.4. The van der Waals surface area contributed by atoms with E-state index >= 15 is 0 Å². The van der Waals surface area contributed by atoms with Crippen LogP contribution in [0, 0.1) is 0 Å². The van der Waals surface area contributed by atoms with Crippen molar-refractivity contribution in [2.75, 3.05) is 7.11 Å². The van der Waals surface area contributed by atoms with Crippen LogP contribution >= 0.6 is 43.5 Å². The fourth-order valence-electron chi connectivity index (χ4n) is 3.43. The molecule has 0 radical (unpaired) electrons. The Balaban J connectivity index is 1.68. The molecule has 0 atom stereocenters. The van der Waals surface area contributed by atoms with E-state index in [0.29, 0.717) is 39.9 Å². The number of benzene rings is 3. The van der Waals surface area contributed by atoms with Gasteiger partial charge in [-0.05, 0) is 64.0 Å². The Hall–Kier alpha value is -2.68. The minimum atomic E-state index is -0.234. The highest BCUT2D eigenvalue weighted by Crippen LogP contribution is 2.33. The van der Waals surface area contributed by atoms with E-state index in [4.69, 9.17) is 21.1 Å². The summed E-state index contributed by atoms with van der Waals surface area (Å²) in [5, 5.41) is 5.67. The lowest BCUT2D eigenvalue weighted by Gasteiger charge is -2.14. The van der Waals surface area contributed by atoms with E-state index in [1.165, 1.54) is 4.68 Å². The van der Waals surface area contributed by atoms with Gasteiger partial charge in [-0.3, -0.25) is 4.79 Å². The number of aromatic nitrogens is 2. The van der Waals surface area contributed by atoms with Crippen molar-refractivity contribution in [1.29, 1.82) is 0 Å². The summed E-state index contributed by atoms with van der Waals surface area (Å²) in [4.78, 5) is 17.9. The molecule has 6 nitrogen and oxygen atoms in total. The van der Waals surface area contributed by atoms with Crippen LogP contribution in [0.3, 0.4) is 0 Å². The highest BCUT2D eigenvalue weighted by molar-refractivity contribution is 9.10. The molecular formula is C26H22Br2ClN3O3. The van der Waals surface area contributed by atoms with Crippen LogP contribution in [0.4, 0.5) is 0 Å². The third-order valence-electron chi connectivity index (χ3n) is 5.25. The first-order valence-electron chi connectivity index (χ1n) is 10.8. The zero-order valence-electron chi connectivity index (χ0n) is 19.3. The molecular weight excluding hydrogens is 598 g/mol. The Labute approximate surface area is 224 Å². The van der Waals surface area contributed by atoms with E-state index in [1.807, 2.05) is 56.3 Å². The van der Waals surface area contributed by atoms with Crippen molar-refractivity contribution >= 4 is 60.6 Å². The topological polar surface area (TPSA) is 65.7 Å². The van der Waals surface area contributed by atoms with Crippen molar-refractivity contribution < 1.29 is 9.47 Å². The molecule has 0 saturated carbocycles. The first-order valence-corrected chi connectivity index (χ1v) is 12.7. The molecule has 180 valence electrons. The van der Waals surface area contributed by atoms with Gasteiger partial charge in [-0.1, -0.05) is 53.5 Å². The fourth-order valence-corrected chi connectivity index (χ4v) is 4.35. The van der Waals surface area contributed by atoms with Crippen LogP contribution < -0.4 is 15.0 Å². The van der Waals surface area contributed by atoms with Gasteiger partial charge in [-0.15, -0.1) is 0 Å². The number of hydrogen-bond acceptors (Lipinski definition) is 5. The maximum atomic E-state index is 13.3. The molecule has 0 aliphatic rings. The predicted octanol–water partition coefficient (Wildman–Crippen LogP) is 7.17. The standard InChI is InChI=1S/C26H22Br2ClN3O3/c1-15(2)25-31-22-9-6-18(27)11-20(22)26(33)32(25)30-13-17-10-23(34-3)24(12-21(17)28)35-14-16-4-7-19(29)8-5-16/h4-13,15H,14H2,1-3H3. The maximum absolute atomic E-state index is 13.3. The number of rotatable bonds is 7. The molecule has 0 N–H and O–H groups in total. The van der Waals surface area contributed by atoms with Gasteiger partial charge in [0, 0.05) is 25.4 Å². The number of methoxy groups -OCH3 is 1. The van der Waals surface area contributed by atoms with Crippen molar-refractivity contribution in [1.82, 2.24) is 9.66 Å². The van der Waals surface area contributed by atoms with Crippen LogP contribution in [0.15, 0.2) is 73.4 Å². The predicted molar refractivity (Wildman–Crippen MR) is 147 cm³/mol. The second kappa shape index (κ2) is 10.9. The highest BCUT2D eigenvalue weighted by atomic mass is 79.9. The van der Waals surface area contributed by atoms with Gasteiger partial charge in [0.25, 0.3) is 5.56 Å². The van der Waals surface area contributed by atoms with Gasteiger partial charge in [-0.25, -0.2) is 4.98 Å². The molecule has 1 aromatic heterocycles. The molecule has 4 rings (SSSR count). The molecule has 0 aliphatic carbocycles. The van der Waals surface area contributed by atoms with Crippen molar-refractivity contribution in [3.05, 3.63) is 95.9 Å². The fraction of sp³-hybridized carbons (Fsp3) is 0.192. The van der Waals surface area contributed by atoms with Crippen molar-refractivity contribution in [3.63, 3.8) is 0 Å². The van der Waals surface area contributed by atoms with Crippen LogP contribution in [-0.2, 0) is 6.61 Å². The molecule has 1 heterocycles. The summed E-state index contributed by atoms with van der Waals surface area (Å²) < 4.78 is 14.4. The molecule has 0 amide bonds. The monoisotopic (exact) mass is 617 g/mol. The van der Waals surface area contributed by atoms with E-state index in [1.54, 1.807) is 25.5 Å². The summed E-state index contributed by atoms with van der Waals surface area (Å²) in [7, 11) is 1.58. The van der Waals surface area contributed by atoms with E-state index in [2.05, 4.69) is 41.9 Å². The first-order chi connectivity index (χ1) is 16.8. The number of ether oxygens (including phenoxy) is 2. The van der Waals surface area contributed by atoms with E-state index < -0.39 is 0 Å². The summed E-state index contributed by atoms with van der Waals surface area (Å²) in [6.07, 6.45) is 1.61. The highest BCUT2D eigenvalue weighted by Gasteiger charge is 2.15. The summed E-state index contributed by atoms with van der Waals surface area (Å²) >= 11 is 13.0. The lowest BCUT2D eigenvalue weighted by molar-refractivity contribution is 0.284. The zero-order chi connectivity index (χ0) is 25.1. The van der Waals surface area contributed by atoms with Crippen LogP contribution in [0.1, 0.15) is 36.7 Å². The van der Waals surface area contributed by atoms with Crippen LogP contribution in [0.25, 0.3) is 10.9 Å². The van der Waals surface area contributed by atoms with Crippen LogP contribution in [-0.4, -0.2) is 23.0 Å². The SMILES string of the molecule is COc1cc(C=Nn2c(C(C)C)nc3ccc(Br)cc3c2=O)c(Br)cc1OCc1ccc(Cl)cc1. The lowest BCUT2D eigenvalue weighted by Crippen LogP contribution is -2.23. The van der Waals surface area contributed by atoms with Gasteiger partial charge in [0.15, 0.2) is 11.5 Å². The molecule has 9 heteroatoms. The van der Waals surface area contributed by atoms with Crippen LogP contribution in [0.5, 0.6) is 11.5 Å². The van der Waals surface area contributed by atoms with Crippen LogP contribution in [0.2, 0.25) is 5.02 Å². The van der Waals surface area contributed by atoms with Crippen molar-refractivity contribution in [2.45, 2.75) is 26.4 Å². The second-order valence-corrected chi connectivity index (χ2v) is 10.3. The average Bonchev–Trinajstić information content (AvgIpc) is 2.84. The summed E-state index contributed by atoms with van der Waals surface area (Å²) in [5.41, 5.74) is 2.10. The smallest absolute Gasteiger partial charge is 0.282 e. The van der Waals surface area contributed by atoms with E-state index in [-0.39, 0.29) is 11.5 Å². The number of nitrogens with zero attached hydrogens (tertiary/aromatic N) is 3. The third kappa shape index (κ3) is 5.77. The molecule has 0 saturated heterocycles. The lowest BCUT2D eigenvalue weighted by atomic mass is 10.2. The normalized spacial score (nSPS) is 11.5. The summed E-state index contributed by atoms with van der Waals surface area (Å²) in [6.45, 7) is 4.31. The van der Waals surface area contributed by atoms with Gasteiger partial charge in [0.2, 0.25) is 0 Å². The minimum Gasteiger partial charge on any atom is -0.493 e. The Bertz CT molecular complexity index is 1470. The van der Waals surface area contributed by atoms with Gasteiger partial charge in [0.1, 0.15) is 12.4 Å². The Morgan fingerprint density at radius 1 is 1.09 bits per heavy atom. The Morgan fingerprint density at radius 2 is 1.83 bits per heavy atom. The molecule has 0 fully saturated rings. The number of hydrogen-bond donors (Lipinski definition) is 0. The Morgan fingerprint density at radius 3 is 2.51 bits per heavy atom. The molecule has 4 aromatic rings. The number of fused-ring (bicyclic) bond motifs is 1. The van der Waals surface area contributed by atoms with Gasteiger partial charge in [-0.2, -0.15) is 9.78 Å². The van der Waals surface area contributed by atoms with Gasteiger partial charge < -0.3 is 9.47 Å². The largest absolute Gasteiger partial charge is 0.493 e. The molecule has 0 bridgehead atoms. The third-order valence-corrected chi connectivity index (χ3v) is 6.68. The minimum absolute atomic E-state index is 0.00508. The maximum Gasteiger partial charge on any atom is 0.282 e.